The third-order valence-corrected chi connectivity index (χ3v) is 3.54. The molecule has 1 heterocycles. The van der Waals surface area contributed by atoms with Gasteiger partial charge in [-0.2, -0.15) is 0 Å². The zero-order valence-electron chi connectivity index (χ0n) is 13.8. The van der Waals surface area contributed by atoms with Crippen LogP contribution in [0.15, 0.2) is 18.2 Å². The highest BCUT2D eigenvalue weighted by Gasteiger charge is 2.28. The molecule has 1 amide bonds. The van der Waals surface area contributed by atoms with Crippen LogP contribution in [0.4, 0.5) is 5.69 Å². The highest BCUT2D eigenvalue weighted by atomic mass is 16.5. The molecule has 25 heavy (non-hydrogen) atoms. The van der Waals surface area contributed by atoms with E-state index in [1.807, 2.05) is 6.92 Å². The first-order valence-electron chi connectivity index (χ1n) is 7.90. The zero-order chi connectivity index (χ0) is 18.4. The predicted molar refractivity (Wildman–Crippen MR) is 86.7 cm³/mol. The average molecular weight is 349 g/mol. The highest BCUT2D eigenvalue weighted by Crippen LogP contribution is 2.33. The highest BCUT2D eigenvalue weighted by molar-refractivity contribution is 6.04. The van der Waals surface area contributed by atoms with Gasteiger partial charge in [0.2, 0.25) is 0 Å². The molecule has 1 aromatic carbocycles. The van der Waals surface area contributed by atoms with Crippen LogP contribution in [0, 0.1) is 0 Å². The van der Waals surface area contributed by atoms with Crippen molar-refractivity contribution in [3.8, 4) is 5.75 Å². The van der Waals surface area contributed by atoms with Crippen LogP contribution in [-0.2, 0) is 19.1 Å². The molecule has 1 aliphatic rings. The topological polar surface area (TPSA) is 110 Å². The Morgan fingerprint density at radius 3 is 2.72 bits per heavy atom. The molecule has 2 rings (SSSR count). The number of fused-ring (bicyclic) bond motifs is 1. The number of benzene rings is 1. The molecule has 0 aliphatic carbocycles. The number of hydrogen-bond donors (Lipinski definition) is 1. The second kappa shape index (κ2) is 8.27. The fourth-order valence-electron chi connectivity index (χ4n) is 2.30. The predicted octanol–water partition coefficient (Wildman–Crippen LogP) is 1.41. The smallest absolute Gasteiger partial charge is 0.326 e. The summed E-state index contributed by atoms with van der Waals surface area (Å²) in [6.07, 6.45) is 0.238. The molecule has 1 aromatic rings. The first kappa shape index (κ1) is 18.4. The fraction of sp³-hybridized carbons (Fsp3) is 0.412. The number of nitrogens with zero attached hydrogens (tertiary/aromatic N) is 1. The summed E-state index contributed by atoms with van der Waals surface area (Å²) in [5.41, 5.74) is 0.552. The Balaban J connectivity index is 2.20. The van der Waals surface area contributed by atoms with Crippen LogP contribution in [0.5, 0.6) is 5.75 Å². The van der Waals surface area contributed by atoms with Crippen LogP contribution in [-0.4, -0.2) is 48.5 Å². The average Bonchev–Trinajstić information content (AvgIpc) is 2.59. The first-order chi connectivity index (χ1) is 11.9. The number of carboxylic acids is 1. The van der Waals surface area contributed by atoms with Gasteiger partial charge in [-0.25, -0.2) is 0 Å². The minimum Gasteiger partial charge on any atom is -0.482 e. The van der Waals surface area contributed by atoms with Crippen molar-refractivity contribution in [2.75, 3.05) is 24.7 Å². The van der Waals surface area contributed by atoms with E-state index in [2.05, 4.69) is 0 Å². The van der Waals surface area contributed by atoms with Crippen molar-refractivity contribution in [1.29, 1.82) is 0 Å². The number of Topliss-reactive ketones (excluding diaryl/α,β-unsaturated/α-hetero) is 1. The number of carbonyl (C=O) groups excluding carboxylic acids is 3. The molecule has 0 aromatic heterocycles. The summed E-state index contributed by atoms with van der Waals surface area (Å²) in [6, 6.07) is 4.47. The van der Waals surface area contributed by atoms with Gasteiger partial charge in [0.05, 0.1) is 18.7 Å². The summed E-state index contributed by atoms with van der Waals surface area (Å²) in [5.74, 6) is -2.03. The lowest BCUT2D eigenvalue weighted by atomic mass is 10.0. The molecule has 0 saturated heterocycles. The van der Waals surface area contributed by atoms with Crippen LogP contribution in [0.1, 0.15) is 36.5 Å². The van der Waals surface area contributed by atoms with Crippen molar-refractivity contribution in [1.82, 2.24) is 0 Å². The molecule has 0 fully saturated rings. The number of aliphatic carboxylic acids is 1. The quantitative estimate of drug-likeness (QED) is 0.558. The summed E-state index contributed by atoms with van der Waals surface area (Å²) in [5, 5.41) is 8.67. The third kappa shape index (κ3) is 4.79. The van der Waals surface area contributed by atoms with Crippen molar-refractivity contribution in [2.24, 2.45) is 0 Å². The van der Waals surface area contributed by atoms with Crippen molar-refractivity contribution >= 4 is 29.3 Å². The largest absolute Gasteiger partial charge is 0.482 e. The number of carbonyl (C=O) groups is 4. The summed E-state index contributed by atoms with van der Waals surface area (Å²) in [4.78, 5) is 47.8. The fourth-order valence-corrected chi connectivity index (χ4v) is 2.30. The standard InChI is InChI=1S/C17H19NO7/c1-2-7-24-17(23)9-18-12-8-11(13(19)4-6-16(21)22)3-5-14(12)25-10-15(18)20/h3,5,8H,2,4,6-7,9-10H2,1H3,(H,21,22). The Labute approximate surface area is 144 Å². The lowest BCUT2D eigenvalue weighted by Crippen LogP contribution is -2.42. The molecule has 8 heteroatoms. The Morgan fingerprint density at radius 1 is 1.28 bits per heavy atom. The summed E-state index contributed by atoms with van der Waals surface area (Å²) in [7, 11) is 0. The number of carboxylic acid groups (broad SMARTS) is 1. The lowest BCUT2D eigenvalue weighted by molar-refractivity contribution is -0.143. The Morgan fingerprint density at radius 2 is 2.04 bits per heavy atom. The molecule has 0 saturated carbocycles. The number of esters is 1. The number of ether oxygens (including phenoxy) is 2. The minimum absolute atomic E-state index is 0.151. The monoisotopic (exact) mass is 349 g/mol. The van der Waals surface area contributed by atoms with E-state index in [1.54, 1.807) is 0 Å². The van der Waals surface area contributed by atoms with Crippen molar-refractivity contribution in [3.05, 3.63) is 23.8 Å². The molecule has 134 valence electrons. The Bertz CT molecular complexity index is 698. The van der Waals surface area contributed by atoms with Gasteiger partial charge in [0.1, 0.15) is 12.3 Å². The first-order valence-corrected chi connectivity index (χ1v) is 7.90. The second-order valence-corrected chi connectivity index (χ2v) is 5.49. The van der Waals surface area contributed by atoms with E-state index >= 15 is 0 Å². The van der Waals surface area contributed by atoms with E-state index in [9.17, 15) is 19.2 Å². The molecule has 0 bridgehead atoms. The van der Waals surface area contributed by atoms with Crippen LogP contribution in [0.3, 0.4) is 0 Å². The molecule has 8 nitrogen and oxygen atoms in total. The van der Waals surface area contributed by atoms with Gasteiger partial charge in [0.15, 0.2) is 12.4 Å². The molecule has 0 radical (unpaired) electrons. The van der Waals surface area contributed by atoms with E-state index in [-0.39, 0.29) is 43.9 Å². The number of anilines is 1. The number of rotatable bonds is 8. The number of amides is 1. The van der Waals surface area contributed by atoms with E-state index < -0.39 is 17.8 Å². The van der Waals surface area contributed by atoms with Gasteiger partial charge in [-0.15, -0.1) is 0 Å². The van der Waals surface area contributed by atoms with Crippen LogP contribution in [0.2, 0.25) is 0 Å². The van der Waals surface area contributed by atoms with Crippen molar-refractivity contribution in [2.45, 2.75) is 26.2 Å². The van der Waals surface area contributed by atoms with Crippen molar-refractivity contribution in [3.63, 3.8) is 0 Å². The van der Waals surface area contributed by atoms with Gasteiger partial charge >= 0.3 is 11.9 Å². The van der Waals surface area contributed by atoms with E-state index in [1.165, 1.54) is 23.1 Å². The second-order valence-electron chi connectivity index (χ2n) is 5.49. The van der Waals surface area contributed by atoms with Gasteiger partial charge < -0.3 is 14.6 Å². The molecule has 1 N–H and O–H groups in total. The Kier molecular flexibility index (Phi) is 6.10. The zero-order valence-corrected chi connectivity index (χ0v) is 13.8. The van der Waals surface area contributed by atoms with Crippen LogP contribution < -0.4 is 9.64 Å². The molecular formula is C17H19NO7. The number of hydrogen-bond acceptors (Lipinski definition) is 6. The number of ketones is 1. The third-order valence-electron chi connectivity index (χ3n) is 3.54. The normalized spacial score (nSPS) is 13.0. The minimum atomic E-state index is -1.06. The maximum absolute atomic E-state index is 12.1. The van der Waals surface area contributed by atoms with E-state index in [0.29, 0.717) is 17.9 Å². The van der Waals surface area contributed by atoms with Gasteiger partial charge in [0.25, 0.3) is 5.91 Å². The van der Waals surface area contributed by atoms with E-state index in [4.69, 9.17) is 14.6 Å². The molecular weight excluding hydrogens is 330 g/mol. The van der Waals surface area contributed by atoms with Gasteiger partial charge in [-0.05, 0) is 24.6 Å². The molecule has 1 aliphatic heterocycles. The molecule has 0 atom stereocenters. The van der Waals surface area contributed by atoms with E-state index in [0.717, 1.165) is 0 Å². The lowest BCUT2D eigenvalue weighted by Gasteiger charge is -2.29. The maximum atomic E-state index is 12.1. The summed E-state index contributed by atoms with van der Waals surface area (Å²) in [6.45, 7) is 1.64. The van der Waals surface area contributed by atoms with Crippen LogP contribution >= 0.6 is 0 Å². The summed E-state index contributed by atoms with van der Waals surface area (Å²) >= 11 is 0. The van der Waals surface area contributed by atoms with Gasteiger partial charge in [-0.3, -0.25) is 24.1 Å². The molecule has 0 spiro atoms. The molecule has 0 unspecified atom stereocenters. The van der Waals surface area contributed by atoms with Gasteiger partial charge in [-0.1, -0.05) is 6.92 Å². The summed E-state index contributed by atoms with van der Waals surface area (Å²) < 4.78 is 10.3. The van der Waals surface area contributed by atoms with Gasteiger partial charge in [0, 0.05) is 12.0 Å². The van der Waals surface area contributed by atoms with Crippen molar-refractivity contribution < 1.29 is 33.8 Å². The SMILES string of the molecule is CCCOC(=O)CN1C(=O)COc2ccc(C(=O)CCC(=O)O)cc21. The van der Waals surface area contributed by atoms with Crippen LogP contribution in [0.25, 0.3) is 0 Å². The Hall–Kier alpha value is -2.90. The maximum Gasteiger partial charge on any atom is 0.326 e.